The third kappa shape index (κ3) is 5.26. The lowest BCUT2D eigenvalue weighted by atomic mass is 9.97. The summed E-state index contributed by atoms with van der Waals surface area (Å²) < 4.78 is 15.0. The Balaban J connectivity index is 1.30. The monoisotopic (exact) mass is 464 g/mol. The van der Waals surface area contributed by atoms with Crippen molar-refractivity contribution in [2.75, 3.05) is 51.3 Å². The highest BCUT2D eigenvalue weighted by atomic mass is 19.1. The van der Waals surface area contributed by atoms with Gasteiger partial charge in [0.15, 0.2) is 0 Å². The second-order valence-electron chi connectivity index (χ2n) is 10.4. The summed E-state index contributed by atoms with van der Waals surface area (Å²) in [5.74, 6) is 2.33. The Labute approximate surface area is 202 Å². The van der Waals surface area contributed by atoms with E-state index in [0.717, 1.165) is 54.4 Å². The Bertz CT molecular complexity index is 1110. The molecular formula is C27H37FN6. The third-order valence-electron chi connectivity index (χ3n) is 7.18. The van der Waals surface area contributed by atoms with Crippen LogP contribution in [0, 0.1) is 11.8 Å². The van der Waals surface area contributed by atoms with Gasteiger partial charge in [0.25, 0.3) is 0 Å². The molecule has 1 N–H and O–H groups in total. The number of likely N-dealkylation sites (tertiary alicyclic amines) is 1. The number of halogens is 1. The highest BCUT2D eigenvalue weighted by Gasteiger charge is 2.22. The molecule has 1 atom stereocenters. The lowest BCUT2D eigenvalue weighted by molar-refractivity contribution is 0.164. The Hall–Kier alpha value is -2.51. The number of piperidine rings is 1. The number of hydrogen-bond acceptors (Lipinski definition) is 5. The summed E-state index contributed by atoms with van der Waals surface area (Å²) in [5.41, 5.74) is 3.48. The number of rotatable bonds is 8. The summed E-state index contributed by atoms with van der Waals surface area (Å²) in [6, 6.07) is 8.69. The Morgan fingerprint density at radius 3 is 2.85 bits per heavy atom. The zero-order chi connectivity index (χ0) is 23.5. The van der Waals surface area contributed by atoms with E-state index < -0.39 is 0 Å². The number of nitrogens with one attached hydrogen (secondary N) is 1. The molecule has 6 nitrogen and oxygen atoms in total. The van der Waals surface area contributed by atoms with E-state index in [4.69, 9.17) is 0 Å². The molecule has 1 saturated heterocycles. The molecule has 1 unspecified atom stereocenters. The van der Waals surface area contributed by atoms with Gasteiger partial charge < -0.3 is 10.2 Å². The Morgan fingerprint density at radius 1 is 1.09 bits per heavy atom. The van der Waals surface area contributed by atoms with E-state index in [1.165, 1.54) is 43.6 Å². The summed E-state index contributed by atoms with van der Waals surface area (Å²) in [4.78, 5) is 9.45. The minimum absolute atomic E-state index is 0.307. The van der Waals surface area contributed by atoms with Crippen LogP contribution < -0.4 is 5.32 Å². The van der Waals surface area contributed by atoms with Gasteiger partial charge in [-0.05, 0) is 54.3 Å². The number of anilines is 1. The maximum atomic E-state index is 12.9. The van der Waals surface area contributed by atoms with Crippen LogP contribution in [0.1, 0.15) is 32.4 Å². The maximum absolute atomic E-state index is 12.9. The van der Waals surface area contributed by atoms with Crippen molar-refractivity contribution >= 4 is 16.6 Å². The largest absolute Gasteiger partial charge is 0.370 e. The number of benzene rings is 1. The van der Waals surface area contributed by atoms with Gasteiger partial charge in [-0.2, -0.15) is 5.10 Å². The molecule has 182 valence electrons. The Kier molecular flexibility index (Phi) is 7.11. The molecule has 1 fully saturated rings. The summed E-state index contributed by atoms with van der Waals surface area (Å²) >= 11 is 0. The molecule has 0 amide bonds. The first kappa shape index (κ1) is 23.2. The number of nitrogens with zero attached hydrogens (tertiary/aromatic N) is 5. The summed E-state index contributed by atoms with van der Waals surface area (Å²) in [6.07, 6.45) is 6.49. The van der Waals surface area contributed by atoms with E-state index in [0.29, 0.717) is 12.5 Å². The molecule has 2 aromatic heterocycles. The average Bonchev–Trinajstić information content (AvgIpc) is 3.26. The van der Waals surface area contributed by atoms with Crippen LogP contribution in [0.4, 0.5) is 10.2 Å². The summed E-state index contributed by atoms with van der Waals surface area (Å²) in [5, 5.41) is 10.5. The second kappa shape index (κ2) is 10.4. The minimum Gasteiger partial charge on any atom is -0.370 e. The molecule has 7 heteroatoms. The van der Waals surface area contributed by atoms with E-state index in [1.807, 2.05) is 12.4 Å². The van der Waals surface area contributed by atoms with Crippen molar-refractivity contribution < 1.29 is 4.39 Å². The fraction of sp³-hybridized carbons (Fsp3) is 0.556. The molecule has 34 heavy (non-hydrogen) atoms. The summed E-state index contributed by atoms with van der Waals surface area (Å²) in [6.45, 7) is 11.8. The summed E-state index contributed by atoms with van der Waals surface area (Å²) in [7, 11) is 0. The van der Waals surface area contributed by atoms with Crippen LogP contribution in [0.5, 0.6) is 0 Å². The van der Waals surface area contributed by atoms with Crippen molar-refractivity contribution in [3.8, 4) is 11.1 Å². The molecule has 0 spiro atoms. The van der Waals surface area contributed by atoms with Crippen LogP contribution in [-0.2, 0) is 13.1 Å². The second-order valence-corrected chi connectivity index (χ2v) is 10.4. The van der Waals surface area contributed by atoms with Crippen molar-refractivity contribution in [2.45, 2.75) is 39.8 Å². The van der Waals surface area contributed by atoms with Gasteiger partial charge in [-0.3, -0.25) is 9.58 Å². The predicted octanol–water partition coefficient (Wildman–Crippen LogP) is 4.66. The third-order valence-corrected chi connectivity index (χ3v) is 7.18. The van der Waals surface area contributed by atoms with E-state index in [-0.39, 0.29) is 6.67 Å². The molecule has 0 radical (unpaired) electrons. The molecule has 0 aliphatic carbocycles. The minimum atomic E-state index is -0.307. The highest BCUT2D eigenvalue weighted by Crippen LogP contribution is 2.30. The van der Waals surface area contributed by atoms with E-state index in [9.17, 15) is 4.39 Å². The molecule has 3 aromatic rings. The van der Waals surface area contributed by atoms with Crippen LogP contribution >= 0.6 is 0 Å². The van der Waals surface area contributed by atoms with E-state index >= 15 is 0 Å². The van der Waals surface area contributed by atoms with Gasteiger partial charge >= 0.3 is 0 Å². The van der Waals surface area contributed by atoms with Gasteiger partial charge in [-0.25, -0.2) is 9.37 Å². The van der Waals surface area contributed by atoms with Crippen LogP contribution in [0.15, 0.2) is 36.7 Å². The standard InChI is InChI=1S/C27H37FN6/c1-20(2)17-33-8-3-4-21(18-33)14-29-27-13-24-12-22(5-6-23(24)15-30-27)25-16-31-34-11-10-32(9-7-28)19-26(25)34/h5-6,12-13,15-16,20-21H,3-4,7-11,14,17-19H2,1-2H3,(H,29,30). The van der Waals surface area contributed by atoms with Crippen LogP contribution in [0.25, 0.3) is 21.9 Å². The van der Waals surface area contributed by atoms with Crippen LogP contribution in [-0.4, -0.2) is 70.5 Å². The van der Waals surface area contributed by atoms with Gasteiger partial charge in [0.05, 0.1) is 18.4 Å². The number of hydrogen-bond donors (Lipinski definition) is 1. The first-order chi connectivity index (χ1) is 16.6. The highest BCUT2D eigenvalue weighted by molar-refractivity contribution is 5.88. The van der Waals surface area contributed by atoms with Gasteiger partial charge in [0, 0.05) is 56.4 Å². The molecule has 2 aliphatic rings. The smallest absolute Gasteiger partial charge is 0.126 e. The average molecular weight is 465 g/mol. The lowest BCUT2D eigenvalue weighted by Crippen LogP contribution is -2.39. The van der Waals surface area contributed by atoms with Gasteiger partial charge in [0.2, 0.25) is 0 Å². The van der Waals surface area contributed by atoms with Crippen LogP contribution in [0.3, 0.4) is 0 Å². The molecule has 5 rings (SSSR count). The predicted molar refractivity (Wildman–Crippen MR) is 137 cm³/mol. The normalized spacial score (nSPS) is 19.6. The van der Waals surface area contributed by atoms with Gasteiger partial charge in [-0.15, -0.1) is 0 Å². The fourth-order valence-electron chi connectivity index (χ4n) is 5.50. The topological polar surface area (TPSA) is 49.2 Å². The van der Waals surface area contributed by atoms with Gasteiger partial charge in [-0.1, -0.05) is 26.0 Å². The van der Waals surface area contributed by atoms with Crippen molar-refractivity contribution in [1.82, 2.24) is 24.6 Å². The number of fused-ring (bicyclic) bond motifs is 2. The van der Waals surface area contributed by atoms with Gasteiger partial charge in [0.1, 0.15) is 12.5 Å². The maximum Gasteiger partial charge on any atom is 0.126 e. The van der Waals surface area contributed by atoms with Crippen molar-refractivity contribution in [1.29, 1.82) is 0 Å². The van der Waals surface area contributed by atoms with E-state index in [1.54, 1.807) is 0 Å². The quantitative estimate of drug-likeness (QED) is 0.525. The number of aromatic nitrogens is 3. The van der Waals surface area contributed by atoms with Crippen molar-refractivity contribution in [2.24, 2.45) is 11.8 Å². The molecule has 1 aromatic carbocycles. The fourth-order valence-corrected chi connectivity index (χ4v) is 5.50. The molecular weight excluding hydrogens is 427 g/mol. The first-order valence-electron chi connectivity index (χ1n) is 12.8. The molecule has 0 bridgehead atoms. The van der Waals surface area contributed by atoms with Crippen molar-refractivity contribution in [3.05, 3.63) is 42.4 Å². The SMILES string of the molecule is CC(C)CN1CCCC(CNc2cc3cc(-c4cnn5c4CN(CCF)CC5)ccc3cn2)C1. The molecule has 4 heterocycles. The number of alkyl halides is 1. The first-order valence-corrected chi connectivity index (χ1v) is 12.8. The van der Waals surface area contributed by atoms with Crippen LogP contribution in [0.2, 0.25) is 0 Å². The van der Waals surface area contributed by atoms with E-state index in [2.05, 4.69) is 68.0 Å². The number of pyridine rings is 1. The van der Waals surface area contributed by atoms with Crippen molar-refractivity contribution in [3.63, 3.8) is 0 Å². The zero-order valence-corrected chi connectivity index (χ0v) is 20.5. The molecule has 0 saturated carbocycles. The zero-order valence-electron chi connectivity index (χ0n) is 20.5. The lowest BCUT2D eigenvalue weighted by Gasteiger charge is -2.33. The Morgan fingerprint density at radius 2 is 2.00 bits per heavy atom. The molecule has 2 aliphatic heterocycles.